The number of amides is 1. The largest absolute Gasteiger partial charge is 0.372 e. The number of nitrogens with one attached hydrogen (secondary N) is 2. The Balaban J connectivity index is 1.58. The SMILES string of the molecule is CCC(C)Nc1ncc(C(=O)Nc2ccc(N3CCCCC3)cc2)cn1. The first-order valence-electron chi connectivity index (χ1n) is 9.40. The van der Waals surface area contributed by atoms with Crippen LogP contribution in [0.1, 0.15) is 49.9 Å². The third-order valence-corrected chi connectivity index (χ3v) is 4.75. The molecule has 1 unspecified atom stereocenters. The molecular weight excluding hydrogens is 326 g/mol. The standard InChI is InChI=1S/C20H27N5O/c1-3-15(2)23-20-21-13-16(14-22-20)19(26)24-17-7-9-18(10-8-17)25-11-5-4-6-12-25/h7-10,13-15H,3-6,11-12H2,1-2H3,(H,24,26)(H,21,22,23). The highest BCUT2D eigenvalue weighted by Gasteiger charge is 2.12. The van der Waals surface area contributed by atoms with Gasteiger partial charge >= 0.3 is 0 Å². The number of carbonyl (C=O) groups excluding carboxylic acids is 1. The molecule has 3 rings (SSSR count). The van der Waals surface area contributed by atoms with Crippen molar-refractivity contribution in [3.05, 3.63) is 42.2 Å². The van der Waals surface area contributed by atoms with Gasteiger partial charge in [-0.3, -0.25) is 4.79 Å². The lowest BCUT2D eigenvalue weighted by Gasteiger charge is -2.28. The van der Waals surface area contributed by atoms with Gasteiger partial charge in [0.05, 0.1) is 5.56 Å². The van der Waals surface area contributed by atoms with Crippen LogP contribution in [0.3, 0.4) is 0 Å². The average molecular weight is 353 g/mol. The summed E-state index contributed by atoms with van der Waals surface area (Å²) in [5.41, 5.74) is 2.43. The highest BCUT2D eigenvalue weighted by molar-refractivity contribution is 6.03. The Labute approximate surface area is 155 Å². The van der Waals surface area contributed by atoms with Crippen LogP contribution >= 0.6 is 0 Å². The summed E-state index contributed by atoms with van der Waals surface area (Å²) in [6, 6.07) is 8.32. The Morgan fingerprint density at radius 3 is 2.38 bits per heavy atom. The van der Waals surface area contributed by atoms with Gasteiger partial charge in [0.1, 0.15) is 0 Å². The molecule has 2 heterocycles. The summed E-state index contributed by atoms with van der Waals surface area (Å²) in [4.78, 5) is 23.2. The molecule has 1 aromatic carbocycles. The molecule has 6 nitrogen and oxygen atoms in total. The van der Waals surface area contributed by atoms with Crippen molar-refractivity contribution in [2.75, 3.05) is 28.6 Å². The van der Waals surface area contributed by atoms with Crippen molar-refractivity contribution in [2.24, 2.45) is 0 Å². The second-order valence-electron chi connectivity index (χ2n) is 6.80. The third-order valence-electron chi connectivity index (χ3n) is 4.75. The lowest BCUT2D eigenvalue weighted by molar-refractivity contribution is 0.102. The number of aromatic nitrogens is 2. The summed E-state index contributed by atoms with van der Waals surface area (Å²) in [5.74, 6) is 0.340. The second kappa shape index (κ2) is 8.65. The maximum atomic E-state index is 12.4. The molecule has 0 bridgehead atoms. The first kappa shape index (κ1) is 18.2. The lowest BCUT2D eigenvalue weighted by Crippen LogP contribution is -2.29. The summed E-state index contributed by atoms with van der Waals surface area (Å²) < 4.78 is 0. The maximum Gasteiger partial charge on any atom is 0.258 e. The zero-order valence-electron chi connectivity index (χ0n) is 15.5. The monoisotopic (exact) mass is 353 g/mol. The van der Waals surface area contributed by atoms with Gasteiger partial charge < -0.3 is 15.5 Å². The first-order valence-corrected chi connectivity index (χ1v) is 9.40. The van der Waals surface area contributed by atoms with E-state index in [1.165, 1.54) is 24.9 Å². The van der Waals surface area contributed by atoms with E-state index in [-0.39, 0.29) is 5.91 Å². The molecular formula is C20H27N5O. The van der Waals surface area contributed by atoms with Crippen LogP contribution < -0.4 is 15.5 Å². The van der Waals surface area contributed by atoms with Crippen molar-refractivity contribution in [3.8, 4) is 0 Å². The summed E-state index contributed by atoms with van der Waals surface area (Å²) in [5, 5.41) is 6.09. The molecule has 1 aliphatic rings. The van der Waals surface area contributed by atoms with E-state index in [1.807, 2.05) is 12.1 Å². The first-order chi connectivity index (χ1) is 12.7. The van der Waals surface area contributed by atoms with Gasteiger partial charge in [-0.15, -0.1) is 0 Å². The predicted octanol–water partition coefficient (Wildman–Crippen LogP) is 3.93. The zero-order chi connectivity index (χ0) is 18.4. The molecule has 0 spiro atoms. The van der Waals surface area contributed by atoms with Gasteiger partial charge in [0, 0.05) is 42.9 Å². The minimum atomic E-state index is -0.203. The number of nitrogens with zero attached hydrogens (tertiary/aromatic N) is 3. The van der Waals surface area contributed by atoms with E-state index < -0.39 is 0 Å². The molecule has 138 valence electrons. The Morgan fingerprint density at radius 2 is 1.77 bits per heavy atom. The minimum Gasteiger partial charge on any atom is -0.372 e. The fraction of sp³-hybridized carbons (Fsp3) is 0.450. The summed E-state index contributed by atoms with van der Waals surface area (Å²) in [6.07, 6.45) is 7.91. The quantitative estimate of drug-likeness (QED) is 0.823. The summed E-state index contributed by atoms with van der Waals surface area (Å²) in [7, 11) is 0. The molecule has 1 aromatic heterocycles. The summed E-state index contributed by atoms with van der Waals surface area (Å²) >= 11 is 0. The van der Waals surface area contributed by atoms with Gasteiger partial charge in [-0.25, -0.2) is 9.97 Å². The molecule has 1 amide bonds. The van der Waals surface area contributed by atoms with E-state index in [0.29, 0.717) is 17.6 Å². The van der Waals surface area contributed by atoms with Crippen molar-refractivity contribution >= 4 is 23.2 Å². The van der Waals surface area contributed by atoms with Crippen LogP contribution in [0.5, 0.6) is 0 Å². The Bertz CT molecular complexity index is 708. The molecule has 6 heteroatoms. The van der Waals surface area contributed by atoms with Crippen LogP contribution in [0.15, 0.2) is 36.7 Å². The number of hydrogen-bond donors (Lipinski definition) is 2. The van der Waals surface area contributed by atoms with Crippen LogP contribution in [0.4, 0.5) is 17.3 Å². The number of anilines is 3. The summed E-state index contributed by atoms with van der Waals surface area (Å²) in [6.45, 7) is 6.38. The van der Waals surface area contributed by atoms with Crippen LogP contribution in [-0.4, -0.2) is 35.0 Å². The van der Waals surface area contributed by atoms with Crippen LogP contribution in [-0.2, 0) is 0 Å². The van der Waals surface area contributed by atoms with Gasteiger partial charge in [0.2, 0.25) is 5.95 Å². The molecule has 26 heavy (non-hydrogen) atoms. The molecule has 1 atom stereocenters. The van der Waals surface area contributed by atoms with E-state index in [0.717, 1.165) is 25.2 Å². The molecule has 0 aliphatic carbocycles. The lowest BCUT2D eigenvalue weighted by atomic mass is 10.1. The van der Waals surface area contributed by atoms with E-state index >= 15 is 0 Å². The number of hydrogen-bond acceptors (Lipinski definition) is 5. The number of piperidine rings is 1. The van der Waals surface area contributed by atoms with Crippen molar-refractivity contribution < 1.29 is 4.79 Å². The Hall–Kier alpha value is -2.63. The zero-order valence-corrected chi connectivity index (χ0v) is 15.5. The van der Waals surface area contributed by atoms with Gasteiger partial charge in [0.15, 0.2) is 0 Å². The van der Waals surface area contributed by atoms with Gasteiger partial charge in [-0.2, -0.15) is 0 Å². The fourth-order valence-electron chi connectivity index (χ4n) is 2.95. The van der Waals surface area contributed by atoms with Crippen molar-refractivity contribution in [3.63, 3.8) is 0 Å². The molecule has 1 fully saturated rings. The Kier molecular flexibility index (Phi) is 6.04. The topological polar surface area (TPSA) is 70.2 Å². The highest BCUT2D eigenvalue weighted by Crippen LogP contribution is 2.22. The highest BCUT2D eigenvalue weighted by atomic mass is 16.1. The maximum absolute atomic E-state index is 12.4. The predicted molar refractivity (Wildman–Crippen MR) is 106 cm³/mol. The molecule has 1 saturated heterocycles. The van der Waals surface area contributed by atoms with Crippen molar-refractivity contribution in [1.29, 1.82) is 0 Å². The van der Waals surface area contributed by atoms with Crippen molar-refractivity contribution in [2.45, 2.75) is 45.6 Å². The fourth-order valence-corrected chi connectivity index (χ4v) is 2.95. The number of benzene rings is 1. The van der Waals surface area contributed by atoms with Crippen LogP contribution in [0.2, 0.25) is 0 Å². The Morgan fingerprint density at radius 1 is 1.12 bits per heavy atom. The van der Waals surface area contributed by atoms with Crippen LogP contribution in [0, 0.1) is 0 Å². The van der Waals surface area contributed by atoms with Gasteiger partial charge in [0.25, 0.3) is 5.91 Å². The molecule has 0 radical (unpaired) electrons. The van der Waals surface area contributed by atoms with E-state index in [9.17, 15) is 4.79 Å². The third kappa shape index (κ3) is 4.71. The van der Waals surface area contributed by atoms with Gasteiger partial charge in [-0.1, -0.05) is 6.92 Å². The molecule has 0 saturated carbocycles. The van der Waals surface area contributed by atoms with E-state index in [4.69, 9.17) is 0 Å². The molecule has 2 N–H and O–H groups in total. The number of rotatable bonds is 6. The number of carbonyl (C=O) groups is 1. The van der Waals surface area contributed by atoms with Gasteiger partial charge in [-0.05, 0) is 56.9 Å². The molecule has 2 aromatic rings. The molecule has 1 aliphatic heterocycles. The normalized spacial score (nSPS) is 15.4. The minimum absolute atomic E-state index is 0.203. The average Bonchev–Trinajstić information content (AvgIpc) is 2.69. The smallest absolute Gasteiger partial charge is 0.258 e. The van der Waals surface area contributed by atoms with Crippen LogP contribution in [0.25, 0.3) is 0 Å². The van der Waals surface area contributed by atoms with E-state index in [1.54, 1.807) is 12.4 Å². The van der Waals surface area contributed by atoms with Crippen molar-refractivity contribution in [1.82, 2.24) is 9.97 Å². The van der Waals surface area contributed by atoms with E-state index in [2.05, 4.69) is 51.5 Å². The second-order valence-corrected chi connectivity index (χ2v) is 6.80.